The summed E-state index contributed by atoms with van der Waals surface area (Å²) in [7, 11) is 0. The maximum absolute atomic E-state index is 12.4. The van der Waals surface area contributed by atoms with Crippen LogP contribution in [-0.2, 0) is 12.7 Å². The van der Waals surface area contributed by atoms with Crippen molar-refractivity contribution in [2.75, 3.05) is 5.32 Å². The van der Waals surface area contributed by atoms with Gasteiger partial charge >= 0.3 is 6.18 Å². The van der Waals surface area contributed by atoms with Crippen LogP contribution in [0.3, 0.4) is 0 Å². The van der Waals surface area contributed by atoms with Crippen molar-refractivity contribution in [2.24, 2.45) is 0 Å². The van der Waals surface area contributed by atoms with Gasteiger partial charge in [0.15, 0.2) is 10.3 Å². The number of rotatable bonds is 3. The second-order valence-corrected chi connectivity index (χ2v) is 4.67. The lowest BCUT2D eigenvalue weighted by Gasteiger charge is -2.09. The Morgan fingerprint density at radius 1 is 1.05 bits per heavy atom. The molecule has 1 aromatic heterocycles. The molecule has 0 aliphatic heterocycles. The molecule has 0 aliphatic carbocycles. The maximum atomic E-state index is 12.4. The van der Waals surface area contributed by atoms with E-state index >= 15 is 0 Å². The summed E-state index contributed by atoms with van der Waals surface area (Å²) in [6.45, 7) is 0.292. The van der Waals surface area contributed by atoms with Crippen molar-refractivity contribution in [3.05, 3.63) is 51.8 Å². The van der Waals surface area contributed by atoms with Crippen LogP contribution in [0.4, 0.5) is 18.9 Å². The van der Waals surface area contributed by atoms with E-state index in [2.05, 4.69) is 15.5 Å². The van der Waals surface area contributed by atoms with E-state index in [1.807, 2.05) is 0 Å². The molecule has 0 bridgehead atoms. The number of nitrogens with zero attached hydrogens (tertiary/aromatic N) is 2. The molecule has 0 aliphatic rings. The number of aromatic nitrogens is 2. The van der Waals surface area contributed by atoms with Crippen LogP contribution in [-0.4, -0.2) is 10.2 Å². The maximum Gasteiger partial charge on any atom is 0.416 e. The van der Waals surface area contributed by atoms with Gasteiger partial charge in [-0.25, -0.2) is 0 Å². The van der Waals surface area contributed by atoms with Gasteiger partial charge < -0.3 is 5.32 Å². The molecule has 0 radical (unpaired) electrons. The average molecular weight is 322 g/mol. The molecule has 2 aromatic rings. The summed E-state index contributed by atoms with van der Waals surface area (Å²) in [5, 5.41) is 10.4. The standard InChI is InChI=1S/C12H8Cl2F3N3/c13-10-5-9(11(14)20-19-10)18-6-7-1-3-8(4-2-7)12(15,16)17/h1-5H,6H2,(H,18,19). The van der Waals surface area contributed by atoms with E-state index in [4.69, 9.17) is 23.2 Å². The van der Waals surface area contributed by atoms with Gasteiger partial charge in [0.25, 0.3) is 0 Å². The predicted octanol–water partition coefficient (Wildman–Crippen LogP) is 4.41. The molecule has 3 nitrogen and oxygen atoms in total. The molecule has 0 fully saturated rings. The van der Waals surface area contributed by atoms with Crippen molar-refractivity contribution in [3.8, 4) is 0 Å². The zero-order valence-electron chi connectivity index (χ0n) is 9.88. The summed E-state index contributed by atoms with van der Waals surface area (Å²) in [5.74, 6) is 0. The second-order valence-electron chi connectivity index (χ2n) is 3.92. The Bertz CT molecular complexity index is 600. The third kappa shape index (κ3) is 3.74. The van der Waals surface area contributed by atoms with Gasteiger partial charge in [-0.3, -0.25) is 0 Å². The molecule has 0 saturated carbocycles. The SMILES string of the molecule is FC(F)(F)c1ccc(CNc2cc(Cl)nnc2Cl)cc1. The Hall–Kier alpha value is -1.53. The number of hydrogen-bond donors (Lipinski definition) is 1. The Kier molecular flexibility index (Phi) is 4.35. The lowest BCUT2D eigenvalue weighted by molar-refractivity contribution is -0.137. The van der Waals surface area contributed by atoms with Crippen LogP contribution in [0.25, 0.3) is 0 Å². The fourth-order valence-electron chi connectivity index (χ4n) is 1.49. The largest absolute Gasteiger partial charge is 0.416 e. The molecule has 1 N–H and O–H groups in total. The molecule has 1 aromatic carbocycles. The smallest absolute Gasteiger partial charge is 0.378 e. The van der Waals surface area contributed by atoms with Crippen LogP contribution in [0, 0.1) is 0 Å². The highest BCUT2D eigenvalue weighted by Gasteiger charge is 2.29. The molecule has 106 valence electrons. The summed E-state index contributed by atoms with van der Waals surface area (Å²) in [6.07, 6.45) is -4.34. The summed E-state index contributed by atoms with van der Waals surface area (Å²) in [5.41, 5.74) is 0.446. The molecule has 1 heterocycles. The van der Waals surface area contributed by atoms with Gasteiger partial charge in [-0.15, -0.1) is 10.2 Å². The lowest BCUT2D eigenvalue weighted by Crippen LogP contribution is -2.06. The van der Waals surface area contributed by atoms with E-state index in [0.29, 0.717) is 17.8 Å². The zero-order valence-corrected chi connectivity index (χ0v) is 11.4. The van der Waals surface area contributed by atoms with Crippen LogP contribution >= 0.6 is 23.2 Å². The number of alkyl halides is 3. The minimum absolute atomic E-state index is 0.140. The van der Waals surface area contributed by atoms with Crippen molar-refractivity contribution in [3.63, 3.8) is 0 Å². The summed E-state index contributed by atoms with van der Waals surface area (Å²) >= 11 is 11.5. The van der Waals surface area contributed by atoms with E-state index in [1.54, 1.807) is 0 Å². The molecule has 20 heavy (non-hydrogen) atoms. The lowest BCUT2D eigenvalue weighted by atomic mass is 10.1. The van der Waals surface area contributed by atoms with E-state index in [9.17, 15) is 13.2 Å². The molecule has 0 unspecified atom stereocenters. The van der Waals surface area contributed by atoms with Gasteiger partial charge in [-0.1, -0.05) is 35.3 Å². The highest BCUT2D eigenvalue weighted by atomic mass is 35.5. The number of halogens is 5. The van der Waals surface area contributed by atoms with Crippen LogP contribution in [0.15, 0.2) is 30.3 Å². The quantitative estimate of drug-likeness (QED) is 0.909. The normalized spacial score (nSPS) is 11.4. The monoisotopic (exact) mass is 321 g/mol. The third-order valence-electron chi connectivity index (χ3n) is 2.48. The van der Waals surface area contributed by atoms with Crippen molar-refractivity contribution in [1.82, 2.24) is 10.2 Å². The molecular formula is C12H8Cl2F3N3. The molecule has 8 heteroatoms. The van der Waals surface area contributed by atoms with Crippen molar-refractivity contribution in [1.29, 1.82) is 0 Å². The first-order valence-electron chi connectivity index (χ1n) is 5.45. The van der Waals surface area contributed by atoms with Gasteiger partial charge in [0, 0.05) is 12.6 Å². The van der Waals surface area contributed by atoms with E-state index in [1.165, 1.54) is 18.2 Å². The number of anilines is 1. The van der Waals surface area contributed by atoms with Gasteiger partial charge in [0.2, 0.25) is 0 Å². The van der Waals surface area contributed by atoms with E-state index < -0.39 is 11.7 Å². The first-order valence-corrected chi connectivity index (χ1v) is 6.20. The highest BCUT2D eigenvalue weighted by molar-refractivity contribution is 6.33. The Balaban J connectivity index is 2.06. The minimum atomic E-state index is -4.34. The van der Waals surface area contributed by atoms with Gasteiger partial charge in [-0.05, 0) is 17.7 Å². The molecule has 0 spiro atoms. The van der Waals surface area contributed by atoms with Crippen LogP contribution in [0.2, 0.25) is 10.3 Å². The summed E-state index contributed by atoms with van der Waals surface area (Å²) in [4.78, 5) is 0. The Morgan fingerprint density at radius 2 is 1.70 bits per heavy atom. The number of benzene rings is 1. The Morgan fingerprint density at radius 3 is 2.30 bits per heavy atom. The van der Waals surface area contributed by atoms with Gasteiger partial charge in [0.05, 0.1) is 11.3 Å². The van der Waals surface area contributed by atoms with Crippen LogP contribution < -0.4 is 5.32 Å². The summed E-state index contributed by atoms with van der Waals surface area (Å²) < 4.78 is 37.2. The first-order chi connectivity index (χ1) is 9.36. The van der Waals surface area contributed by atoms with Crippen LogP contribution in [0.5, 0.6) is 0 Å². The molecular weight excluding hydrogens is 314 g/mol. The average Bonchev–Trinajstić information content (AvgIpc) is 2.39. The van der Waals surface area contributed by atoms with Gasteiger partial charge in [-0.2, -0.15) is 13.2 Å². The minimum Gasteiger partial charge on any atom is -0.378 e. The molecule has 0 saturated heterocycles. The zero-order chi connectivity index (χ0) is 14.8. The fourth-order valence-corrected chi connectivity index (χ4v) is 1.79. The van der Waals surface area contributed by atoms with Gasteiger partial charge in [0.1, 0.15) is 0 Å². The van der Waals surface area contributed by atoms with Crippen molar-refractivity contribution < 1.29 is 13.2 Å². The van der Waals surface area contributed by atoms with E-state index in [-0.39, 0.29) is 10.3 Å². The topological polar surface area (TPSA) is 37.8 Å². The molecule has 0 amide bonds. The third-order valence-corrected chi connectivity index (χ3v) is 2.95. The molecule has 2 rings (SSSR count). The first kappa shape index (κ1) is 14.9. The predicted molar refractivity (Wildman–Crippen MR) is 70.8 cm³/mol. The summed E-state index contributed by atoms with van der Waals surface area (Å²) in [6, 6.07) is 6.31. The van der Waals surface area contributed by atoms with Crippen molar-refractivity contribution in [2.45, 2.75) is 12.7 Å². The Labute approximate surface area is 122 Å². The number of hydrogen-bond acceptors (Lipinski definition) is 3. The molecule has 0 atom stereocenters. The number of nitrogens with one attached hydrogen (secondary N) is 1. The van der Waals surface area contributed by atoms with Crippen molar-refractivity contribution >= 4 is 28.9 Å². The highest BCUT2D eigenvalue weighted by Crippen LogP contribution is 2.29. The second kappa shape index (κ2) is 5.85. The van der Waals surface area contributed by atoms with Crippen LogP contribution in [0.1, 0.15) is 11.1 Å². The fraction of sp³-hybridized carbons (Fsp3) is 0.167. The van der Waals surface area contributed by atoms with E-state index in [0.717, 1.165) is 12.1 Å².